The number of carbonyl (C=O) groups excluding carboxylic acids is 1. The summed E-state index contributed by atoms with van der Waals surface area (Å²) in [4.78, 5) is 23.6. The summed E-state index contributed by atoms with van der Waals surface area (Å²) in [5, 5.41) is 1.61. The summed E-state index contributed by atoms with van der Waals surface area (Å²) < 4.78 is 6.99. The van der Waals surface area contributed by atoms with Crippen LogP contribution in [0.2, 0.25) is 10.0 Å². The zero-order chi connectivity index (χ0) is 20.8. The minimum absolute atomic E-state index is 0.344. The Labute approximate surface area is 182 Å². The third-order valence-electron chi connectivity index (χ3n) is 5.34. The van der Waals surface area contributed by atoms with E-state index in [-0.39, 0.29) is 5.97 Å². The van der Waals surface area contributed by atoms with E-state index in [2.05, 4.69) is 4.98 Å². The maximum atomic E-state index is 12.7. The Morgan fingerprint density at radius 1 is 1.20 bits per heavy atom. The van der Waals surface area contributed by atoms with E-state index in [1.165, 1.54) is 7.11 Å². The monoisotopic (exact) mass is 438 g/mol. The molecule has 0 radical (unpaired) electrons. The molecule has 0 spiro atoms. The lowest BCUT2D eigenvalue weighted by Gasteiger charge is -2.25. The summed E-state index contributed by atoms with van der Waals surface area (Å²) in [7, 11) is 1.39. The summed E-state index contributed by atoms with van der Waals surface area (Å²) in [6, 6.07) is 12.8. The molecular weight excluding hydrogens is 423 g/mol. The maximum Gasteiger partial charge on any atom is 0.333 e. The summed E-state index contributed by atoms with van der Waals surface area (Å²) >= 11 is 12.8. The molecule has 1 atom stereocenters. The highest BCUT2D eigenvalue weighted by Gasteiger charge is 2.37. The normalized spacial score (nSPS) is 15.4. The van der Waals surface area contributed by atoms with E-state index in [9.17, 15) is 4.79 Å². The van der Waals surface area contributed by atoms with Gasteiger partial charge in [-0.15, -0.1) is 0 Å². The van der Waals surface area contributed by atoms with Crippen molar-refractivity contribution in [1.29, 1.82) is 0 Å². The molecule has 6 nitrogen and oxygen atoms in total. The van der Waals surface area contributed by atoms with E-state index in [0.717, 1.165) is 22.2 Å². The van der Waals surface area contributed by atoms with Gasteiger partial charge in [0, 0.05) is 30.4 Å². The van der Waals surface area contributed by atoms with Gasteiger partial charge in [0.15, 0.2) is 6.04 Å². The molecule has 0 bridgehead atoms. The molecular formula is C22H16Cl2N4O2. The Bertz CT molecular complexity index is 1270. The highest BCUT2D eigenvalue weighted by molar-refractivity contribution is 6.45. The summed E-state index contributed by atoms with van der Waals surface area (Å²) in [6.45, 7) is 0.524. The smallest absolute Gasteiger partial charge is 0.333 e. The number of imidazole rings is 1. The Hall–Kier alpha value is -3.09. The van der Waals surface area contributed by atoms with E-state index in [4.69, 9.17) is 32.9 Å². The molecule has 0 aliphatic carbocycles. The molecule has 0 unspecified atom stereocenters. The lowest BCUT2D eigenvalue weighted by Crippen LogP contribution is -2.29. The van der Waals surface area contributed by atoms with E-state index in [1.807, 2.05) is 52.1 Å². The maximum absolute atomic E-state index is 12.7. The molecule has 0 saturated carbocycles. The first kappa shape index (κ1) is 18.9. The van der Waals surface area contributed by atoms with Gasteiger partial charge in [0.2, 0.25) is 0 Å². The highest BCUT2D eigenvalue weighted by atomic mass is 35.5. The van der Waals surface area contributed by atoms with Gasteiger partial charge >= 0.3 is 5.97 Å². The van der Waals surface area contributed by atoms with Crippen molar-refractivity contribution >= 4 is 45.9 Å². The van der Waals surface area contributed by atoms with Gasteiger partial charge in [-0.25, -0.2) is 14.8 Å². The molecule has 0 saturated heterocycles. The van der Waals surface area contributed by atoms with Gasteiger partial charge in [0.05, 0.1) is 34.7 Å². The van der Waals surface area contributed by atoms with Crippen molar-refractivity contribution in [2.75, 3.05) is 12.0 Å². The molecule has 1 aliphatic rings. The number of anilines is 1. The zero-order valence-electron chi connectivity index (χ0n) is 15.9. The number of ether oxygens (including phenoxy) is 1. The third-order valence-corrected chi connectivity index (χ3v) is 6.13. The van der Waals surface area contributed by atoms with Gasteiger partial charge in [0.1, 0.15) is 5.82 Å². The Kier molecular flexibility index (Phi) is 4.60. The number of carbonyl (C=O) groups is 1. The molecule has 30 heavy (non-hydrogen) atoms. The SMILES string of the molecule is COC(=O)[C@@H]1c2ccccc2CN1c1cc(-n2ccnc2)c2ccc(Cl)c(Cl)c2n1. The second kappa shape index (κ2) is 7.31. The van der Waals surface area contributed by atoms with Crippen molar-refractivity contribution in [2.45, 2.75) is 12.6 Å². The number of pyridine rings is 1. The van der Waals surface area contributed by atoms with Gasteiger partial charge < -0.3 is 14.2 Å². The standard InChI is InChI=1S/C22H16Cl2N4O2/c1-30-22(29)21-14-5-3-2-4-13(14)11-28(21)18-10-17(27-9-8-25-12-27)15-6-7-16(23)19(24)20(15)26-18/h2-10,12,21H,11H2,1H3/t21-/m0/s1. The van der Waals surface area contributed by atoms with Crippen LogP contribution in [0.3, 0.4) is 0 Å². The van der Waals surface area contributed by atoms with Crippen molar-refractivity contribution < 1.29 is 9.53 Å². The first-order valence-electron chi connectivity index (χ1n) is 9.28. The fraction of sp³-hybridized carbons (Fsp3) is 0.136. The number of rotatable bonds is 3. The largest absolute Gasteiger partial charge is 0.467 e. The molecule has 2 aromatic carbocycles. The lowest BCUT2D eigenvalue weighted by molar-refractivity contribution is -0.142. The molecule has 1 aliphatic heterocycles. The quantitative estimate of drug-likeness (QED) is 0.423. The van der Waals surface area contributed by atoms with Gasteiger partial charge in [-0.1, -0.05) is 47.5 Å². The molecule has 8 heteroatoms. The van der Waals surface area contributed by atoms with Crippen molar-refractivity contribution in [2.24, 2.45) is 0 Å². The first-order chi connectivity index (χ1) is 14.6. The predicted octanol–water partition coefficient (Wildman–Crippen LogP) is 4.96. The number of benzene rings is 2. The van der Waals surface area contributed by atoms with E-state index in [1.54, 1.807) is 18.6 Å². The van der Waals surface area contributed by atoms with Crippen LogP contribution in [0.4, 0.5) is 5.82 Å². The van der Waals surface area contributed by atoms with Crippen LogP contribution in [0.1, 0.15) is 17.2 Å². The minimum atomic E-state index is -0.593. The Balaban J connectivity index is 1.75. The number of fused-ring (bicyclic) bond motifs is 2. The highest BCUT2D eigenvalue weighted by Crippen LogP contribution is 2.41. The van der Waals surface area contributed by atoms with Crippen LogP contribution in [0.15, 0.2) is 61.2 Å². The van der Waals surface area contributed by atoms with Crippen LogP contribution in [0, 0.1) is 0 Å². The van der Waals surface area contributed by atoms with Crippen molar-refractivity contribution in [3.05, 3.63) is 82.4 Å². The second-order valence-electron chi connectivity index (χ2n) is 6.98. The van der Waals surface area contributed by atoms with Gasteiger partial charge in [0.25, 0.3) is 0 Å². The molecule has 2 aromatic heterocycles. The number of nitrogens with zero attached hydrogens (tertiary/aromatic N) is 4. The molecule has 0 N–H and O–H groups in total. The molecule has 150 valence electrons. The number of halogens is 2. The average molecular weight is 439 g/mol. The Morgan fingerprint density at radius 2 is 2.03 bits per heavy atom. The zero-order valence-corrected chi connectivity index (χ0v) is 17.4. The minimum Gasteiger partial charge on any atom is -0.467 e. The number of aromatic nitrogens is 3. The van der Waals surface area contributed by atoms with Gasteiger partial charge in [-0.05, 0) is 23.3 Å². The third kappa shape index (κ3) is 2.91. The van der Waals surface area contributed by atoms with Crippen molar-refractivity contribution in [3.63, 3.8) is 0 Å². The van der Waals surface area contributed by atoms with Crippen molar-refractivity contribution in [1.82, 2.24) is 14.5 Å². The van der Waals surface area contributed by atoms with Gasteiger partial charge in [-0.3, -0.25) is 0 Å². The van der Waals surface area contributed by atoms with Crippen LogP contribution in [0.25, 0.3) is 16.6 Å². The second-order valence-corrected chi connectivity index (χ2v) is 7.76. The Morgan fingerprint density at radius 3 is 2.80 bits per heavy atom. The molecule has 3 heterocycles. The summed E-state index contributed by atoms with van der Waals surface area (Å²) in [5.74, 6) is 0.255. The summed E-state index contributed by atoms with van der Waals surface area (Å²) in [6.07, 6.45) is 5.25. The van der Waals surface area contributed by atoms with Crippen LogP contribution in [-0.2, 0) is 16.1 Å². The van der Waals surface area contributed by atoms with E-state index >= 15 is 0 Å². The first-order valence-corrected chi connectivity index (χ1v) is 10.0. The fourth-order valence-corrected chi connectivity index (χ4v) is 4.29. The topological polar surface area (TPSA) is 60.2 Å². The van der Waals surface area contributed by atoms with Crippen LogP contribution >= 0.6 is 23.2 Å². The van der Waals surface area contributed by atoms with Crippen molar-refractivity contribution in [3.8, 4) is 5.69 Å². The van der Waals surface area contributed by atoms with Crippen LogP contribution in [-0.4, -0.2) is 27.6 Å². The molecule has 5 rings (SSSR count). The average Bonchev–Trinajstić information content (AvgIpc) is 3.43. The number of methoxy groups -OCH3 is 1. The number of hydrogen-bond acceptors (Lipinski definition) is 5. The number of esters is 1. The van der Waals surface area contributed by atoms with Gasteiger partial charge in [-0.2, -0.15) is 0 Å². The predicted molar refractivity (Wildman–Crippen MR) is 116 cm³/mol. The van der Waals surface area contributed by atoms with Crippen LogP contribution in [0.5, 0.6) is 0 Å². The summed E-state index contributed by atoms with van der Waals surface area (Å²) in [5.41, 5.74) is 3.36. The van der Waals surface area contributed by atoms with E-state index < -0.39 is 6.04 Å². The van der Waals surface area contributed by atoms with E-state index in [0.29, 0.717) is 27.9 Å². The molecule has 0 fully saturated rings. The van der Waals surface area contributed by atoms with Crippen LogP contribution < -0.4 is 4.90 Å². The lowest BCUT2D eigenvalue weighted by atomic mass is 10.1. The molecule has 0 amide bonds. The fourth-order valence-electron chi connectivity index (χ4n) is 3.93. The molecule has 4 aromatic rings. The number of hydrogen-bond donors (Lipinski definition) is 0.